The zero-order valence-corrected chi connectivity index (χ0v) is 19.1. The Kier molecular flexibility index (Phi) is 4.93. The van der Waals surface area contributed by atoms with E-state index < -0.39 is 5.54 Å². The number of fused-ring (bicyclic) bond motifs is 4. The van der Waals surface area contributed by atoms with Crippen molar-refractivity contribution in [2.45, 2.75) is 83.6 Å². The van der Waals surface area contributed by atoms with E-state index in [0.717, 1.165) is 12.8 Å². The molecule has 3 aliphatic rings. The summed E-state index contributed by atoms with van der Waals surface area (Å²) in [6, 6.07) is 6.19. The predicted octanol–water partition coefficient (Wildman–Crippen LogP) is 3.39. The number of ether oxygens (including phenoxy) is 1. The highest BCUT2D eigenvalue weighted by atomic mass is 16.5. The predicted molar refractivity (Wildman–Crippen MR) is 119 cm³/mol. The van der Waals surface area contributed by atoms with Crippen LogP contribution in [0, 0.1) is 5.41 Å². The number of carbonyl (C=O) groups excluding carboxylic acids is 1. The van der Waals surface area contributed by atoms with E-state index in [4.69, 9.17) is 14.1 Å². The summed E-state index contributed by atoms with van der Waals surface area (Å²) >= 11 is 0. The van der Waals surface area contributed by atoms with E-state index in [1.165, 1.54) is 23.0 Å². The molecular weight excluding hydrogens is 406 g/mol. The molecule has 2 N–H and O–H groups in total. The Morgan fingerprint density at radius 3 is 2.78 bits per heavy atom. The normalized spacial score (nSPS) is 29.6. The van der Waals surface area contributed by atoms with Crippen molar-refractivity contribution in [2.24, 2.45) is 10.4 Å². The first-order valence-corrected chi connectivity index (χ1v) is 11.4. The molecule has 1 aromatic carbocycles. The van der Waals surface area contributed by atoms with Crippen LogP contribution in [0.4, 0.5) is 0 Å². The summed E-state index contributed by atoms with van der Waals surface area (Å²) in [5.41, 5.74) is 3.08. The summed E-state index contributed by atoms with van der Waals surface area (Å²) in [7, 11) is 0. The Morgan fingerprint density at radius 2 is 2.06 bits per heavy atom. The number of amides is 1. The highest BCUT2D eigenvalue weighted by Crippen LogP contribution is 2.49. The maximum Gasteiger partial charge on any atom is 0.226 e. The Hall–Kier alpha value is -2.67. The van der Waals surface area contributed by atoms with Gasteiger partial charge in [0.25, 0.3) is 0 Å². The molecule has 7 nitrogen and oxygen atoms in total. The third kappa shape index (κ3) is 3.43. The number of aliphatic hydroxyl groups excluding tert-OH is 1. The van der Waals surface area contributed by atoms with Gasteiger partial charge in [0, 0.05) is 12.3 Å². The summed E-state index contributed by atoms with van der Waals surface area (Å²) in [6.45, 7) is 8.02. The van der Waals surface area contributed by atoms with Gasteiger partial charge in [0.1, 0.15) is 24.1 Å². The van der Waals surface area contributed by atoms with Gasteiger partial charge in [0.15, 0.2) is 5.54 Å². The van der Waals surface area contributed by atoms with Crippen molar-refractivity contribution in [3.8, 4) is 0 Å². The third-order valence-corrected chi connectivity index (χ3v) is 7.05. The molecule has 170 valence electrons. The molecule has 2 aromatic rings. The Morgan fingerprint density at radius 1 is 1.25 bits per heavy atom. The molecule has 0 spiro atoms. The van der Waals surface area contributed by atoms with Gasteiger partial charge in [0.2, 0.25) is 17.7 Å². The van der Waals surface area contributed by atoms with Crippen molar-refractivity contribution in [1.29, 1.82) is 0 Å². The fourth-order valence-electron chi connectivity index (χ4n) is 5.25. The van der Waals surface area contributed by atoms with Gasteiger partial charge in [-0.15, -0.1) is 0 Å². The minimum atomic E-state index is -0.868. The molecular formula is C25H31N3O4. The van der Waals surface area contributed by atoms with Crippen LogP contribution in [0.15, 0.2) is 33.9 Å². The largest absolute Gasteiger partial charge is 0.472 e. The van der Waals surface area contributed by atoms with Gasteiger partial charge < -0.3 is 19.6 Å². The van der Waals surface area contributed by atoms with Gasteiger partial charge in [-0.2, -0.15) is 0 Å². The average Bonchev–Trinajstić information content (AvgIpc) is 3.45. The molecule has 5 rings (SSSR count). The van der Waals surface area contributed by atoms with Gasteiger partial charge >= 0.3 is 0 Å². The molecule has 0 saturated heterocycles. The molecule has 3 heterocycles. The van der Waals surface area contributed by atoms with E-state index in [1.54, 1.807) is 0 Å². The molecule has 7 heteroatoms. The smallest absolute Gasteiger partial charge is 0.226 e. The number of aliphatic imine (C=N–C) groups is 1. The highest BCUT2D eigenvalue weighted by molar-refractivity contribution is 5.90. The lowest BCUT2D eigenvalue weighted by Gasteiger charge is -2.33. The molecule has 4 bridgehead atoms. The molecule has 4 atom stereocenters. The maximum atomic E-state index is 12.9. The van der Waals surface area contributed by atoms with Crippen molar-refractivity contribution in [1.82, 2.24) is 10.3 Å². The lowest BCUT2D eigenvalue weighted by Crippen LogP contribution is -2.50. The van der Waals surface area contributed by atoms with Gasteiger partial charge in [-0.05, 0) is 48.3 Å². The van der Waals surface area contributed by atoms with Crippen molar-refractivity contribution in [3.05, 3.63) is 52.7 Å². The number of aromatic nitrogens is 1. The first-order valence-electron chi connectivity index (χ1n) is 11.4. The number of benzene rings is 1. The van der Waals surface area contributed by atoms with Crippen LogP contribution in [-0.2, 0) is 34.5 Å². The van der Waals surface area contributed by atoms with E-state index in [1.807, 2.05) is 6.92 Å². The molecule has 2 unspecified atom stereocenters. The lowest BCUT2D eigenvalue weighted by molar-refractivity contribution is -0.122. The number of aryl methyl sites for hydroxylation is 2. The van der Waals surface area contributed by atoms with Crippen LogP contribution in [-0.4, -0.2) is 34.0 Å². The van der Waals surface area contributed by atoms with Gasteiger partial charge in [-0.25, -0.2) is 9.98 Å². The molecule has 0 fully saturated rings. The van der Waals surface area contributed by atoms with Crippen LogP contribution in [0.3, 0.4) is 0 Å². The van der Waals surface area contributed by atoms with E-state index in [9.17, 15) is 9.90 Å². The number of aliphatic hydroxyl groups is 1. The number of hydrogen-bond acceptors (Lipinski definition) is 6. The number of nitrogens with zero attached hydrogens (tertiary/aromatic N) is 2. The highest BCUT2D eigenvalue weighted by Gasteiger charge is 2.54. The SMILES string of the molecule is CC1(c2nc(CO)co2)N=C2OC1[C@H]1CCc3ccc(cc31)CCC(=O)N[C@H]2C(C)(C)C. The van der Waals surface area contributed by atoms with Crippen LogP contribution < -0.4 is 5.32 Å². The second-order valence-electron chi connectivity index (χ2n) is 10.5. The number of carbonyl (C=O) groups is 1. The zero-order valence-electron chi connectivity index (χ0n) is 19.1. The Balaban J connectivity index is 1.67. The summed E-state index contributed by atoms with van der Waals surface area (Å²) in [5.74, 6) is 1.07. The van der Waals surface area contributed by atoms with Gasteiger partial charge in [0.05, 0.1) is 6.61 Å². The topological polar surface area (TPSA) is 97.0 Å². The van der Waals surface area contributed by atoms with E-state index in [2.05, 4.69) is 49.3 Å². The fraction of sp³-hybridized carbons (Fsp3) is 0.560. The summed E-state index contributed by atoms with van der Waals surface area (Å²) < 4.78 is 12.4. The van der Waals surface area contributed by atoms with Crippen molar-refractivity contribution in [2.75, 3.05) is 0 Å². The van der Waals surface area contributed by atoms with E-state index in [-0.39, 0.29) is 36.0 Å². The third-order valence-electron chi connectivity index (χ3n) is 7.05. The first kappa shape index (κ1) is 21.2. The first-order chi connectivity index (χ1) is 15.2. The van der Waals surface area contributed by atoms with Crippen LogP contribution in [0.2, 0.25) is 0 Å². The Bertz CT molecular complexity index is 1080. The maximum absolute atomic E-state index is 12.9. The van der Waals surface area contributed by atoms with Crippen LogP contribution in [0.25, 0.3) is 0 Å². The number of nitrogens with one attached hydrogen (secondary N) is 1. The molecule has 1 aromatic heterocycles. The number of oxazole rings is 1. The number of hydrogen-bond donors (Lipinski definition) is 2. The lowest BCUT2D eigenvalue weighted by atomic mass is 9.82. The standard InChI is InChI=1S/C25H31N3O4/c1-24(2,3)20-22-28-25(4,23-26-16(12-29)13-31-23)21(32-22)17-9-8-15-7-5-14(11-18(15)17)6-10-19(30)27-20/h5,7,11,13,17,20-21,29H,6,8-10,12H2,1-4H3,(H,27,30)/t17-,20+,21?,25?/m0/s1. The monoisotopic (exact) mass is 437 g/mol. The minimum Gasteiger partial charge on any atom is -0.472 e. The summed E-state index contributed by atoms with van der Waals surface area (Å²) in [4.78, 5) is 22.4. The second-order valence-corrected chi connectivity index (χ2v) is 10.5. The summed E-state index contributed by atoms with van der Waals surface area (Å²) in [5, 5.41) is 12.7. The van der Waals surface area contributed by atoms with E-state index >= 15 is 0 Å². The molecule has 0 saturated carbocycles. The molecule has 1 aliphatic carbocycles. The molecule has 1 amide bonds. The molecule has 0 radical (unpaired) electrons. The van der Waals surface area contributed by atoms with Crippen molar-refractivity contribution < 1.29 is 19.1 Å². The van der Waals surface area contributed by atoms with E-state index in [0.29, 0.717) is 30.3 Å². The van der Waals surface area contributed by atoms with Gasteiger partial charge in [-0.1, -0.05) is 39.0 Å². The zero-order chi connectivity index (χ0) is 22.7. The molecule has 2 aliphatic heterocycles. The minimum absolute atomic E-state index is 0.0160. The quantitative estimate of drug-likeness (QED) is 0.751. The number of rotatable bonds is 2. The van der Waals surface area contributed by atoms with Crippen molar-refractivity contribution >= 4 is 11.8 Å². The average molecular weight is 438 g/mol. The van der Waals surface area contributed by atoms with Crippen LogP contribution in [0.1, 0.15) is 74.7 Å². The fourth-order valence-corrected chi connectivity index (χ4v) is 5.25. The van der Waals surface area contributed by atoms with Crippen LogP contribution >= 0.6 is 0 Å². The molecule has 32 heavy (non-hydrogen) atoms. The summed E-state index contributed by atoms with van der Waals surface area (Å²) in [6.07, 6.45) is 4.23. The van der Waals surface area contributed by atoms with Gasteiger partial charge in [-0.3, -0.25) is 4.79 Å². The second kappa shape index (κ2) is 7.44. The van der Waals surface area contributed by atoms with Crippen LogP contribution in [0.5, 0.6) is 0 Å². The Labute approximate surface area is 188 Å². The van der Waals surface area contributed by atoms with Crippen molar-refractivity contribution in [3.63, 3.8) is 0 Å².